The summed E-state index contributed by atoms with van der Waals surface area (Å²) in [5.41, 5.74) is 6.56. The summed E-state index contributed by atoms with van der Waals surface area (Å²) in [6.45, 7) is 1.89. The second kappa shape index (κ2) is 5.06. The predicted octanol–water partition coefficient (Wildman–Crippen LogP) is 2.50. The molecule has 0 radical (unpaired) electrons. The summed E-state index contributed by atoms with van der Waals surface area (Å²) in [4.78, 5) is 16.8. The van der Waals surface area contributed by atoms with E-state index < -0.39 is 5.60 Å². The van der Waals surface area contributed by atoms with Crippen LogP contribution in [-0.4, -0.2) is 23.5 Å². The minimum absolute atomic E-state index is 0.00667. The first-order valence-electron chi connectivity index (χ1n) is 6.42. The third kappa shape index (κ3) is 2.12. The molecule has 0 bridgehead atoms. The fourth-order valence-corrected chi connectivity index (χ4v) is 2.75. The van der Waals surface area contributed by atoms with Crippen LogP contribution in [0.1, 0.15) is 48.0 Å². The zero-order valence-corrected chi connectivity index (χ0v) is 11.0. The Labute approximate surface area is 108 Å². The minimum Gasteiger partial charge on any atom is -0.383 e. The zero-order chi connectivity index (χ0) is 13.2. The van der Waals surface area contributed by atoms with E-state index in [-0.39, 0.29) is 5.78 Å². The number of hydrogen-bond donors (Lipinski definition) is 1. The molecule has 1 aliphatic rings. The van der Waals surface area contributed by atoms with Crippen LogP contribution in [0.5, 0.6) is 0 Å². The van der Waals surface area contributed by atoms with Crippen LogP contribution in [0.25, 0.3) is 0 Å². The summed E-state index contributed by atoms with van der Waals surface area (Å²) in [6, 6.07) is 1.82. The number of carbonyl (C=O) groups excluding carboxylic acids is 1. The van der Waals surface area contributed by atoms with Crippen molar-refractivity contribution in [1.82, 2.24) is 4.98 Å². The standard InChI is InChI=1S/C14H20N2O2/c1-10-6-9-16-13(15)11(10)12(17)14(18-2)7-4-3-5-8-14/h6,9H,3-5,7-8H2,1-2H3,(H2,15,16). The summed E-state index contributed by atoms with van der Waals surface area (Å²) in [5, 5.41) is 0. The van der Waals surface area contributed by atoms with Gasteiger partial charge in [0.2, 0.25) is 0 Å². The third-order valence-corrected chi connectivity index (χ3v) is 3.88. The Balaban J connectivity index is 2.40. The number of aromatic nitrogens is 1. The fraction of sp³-hybridized carbons (Fsp3) is 0.571. The van der Waals surface area contributed by atoms with Gasteiger partial charge in [-0.25, -0.2) is 4.98 Å². The molecule has 98 valence electrons. The average molecular weight is 248 g/mol. The number of nitrogens with zero attached hydrogens (tertiary/aromatic N) is 1. The number of carbonyl (C=O) groups is 1. The Bertz CT molecular complexity index is 431. The van der Waals surface area contributed by atoms with Gasteiger partial charge in [-0.2, -0.15) is 0 Å². The third-order valence-electron chi connectivity index (χ3n) is 3.88. The summed E-state index contributed by atoms with van der Waals surface area (Å²) in [7, 11) is 1.62. The smallest absolute Gasteiger partial charge is 0.198 e. The lowest BCUT2D eigenvalue weighted by molar-refractivity contribution is -0.0194. The molecule has 1 aromatic rings. The summed E-state index contributed by atoms with van der Waals surface area (Å²) < 4.78 is 5.57. The molecule has 0 unspecified atom stereocenters. The molecule has 0 spiro atoms. The fourth-order valence-electron chi connectivity index (χ4n) is 2.75. The van der Waals surface area contributed by atoms with Crippen LogP contribution >= 0.6 is 0 Å². The van der Waals surface area contributed by atoms with Gasteiger partial charge in [-0.1, -0.05) is 19.3 Å². The lowest BCUT2D eigenvalue weighted by Gasteiger charge is -2.35. The molecule has 18 heavy (non-hydrogen) atoms. The van der Waals surface area contributed by atoms with E-state index in [4.69, 9.17) is 10.5 Å². The van der Waals surface area contributed by atoms with Gasteiger partial charge < -0.3 is 10.5 Å². The van der Waals surface area contributed by atoms with Crippen molar-refractivity contribution in [2.45, 2.75) is 44.6 Å². The number of nitrogens with two attached hydrogens (primary N) is 1. The lowest BCUT2D eigenvalue weighted by atomic mass is 9.78. The number of hydrogen-bond acceptors (Lipinski definition) is 4. The highest BCUT2D eigenvalue weighted by Gasteiger charge is 2.41. The van der Waals surface area contributed by atoms with Crippen molar-refractivity contribution in [2.75, 3.05) is 12.8 Å². The van der Waals surface area contributed by atoms with E-state index in [0.29, 0.717) is 11.4 Å². The largest absolute Gasteiger partial charge is 0.383 e. The number of anilines is 1. The lowest BCUT2D eigenvalue weighted by Crippen LogP contribution is -2.43. The van der Waals surface area contributed by atoms with Gasteiger partial charge in [-0.05, 0) is 31.4 Å². The van der Waals surface area contributed by atoms with Crippen molar-refractivity contribution < 1.29 is 9.53 Å². The second-order valence-electron chi connectivity index (χ2n) is 4.98. The molecule has 1 aliphatic carbocycles. The highest BCUT2D eigenvalue weighted by molar-refractivity contribution is 6.06. The highest BCUT2D eigenvalue weighted by Crippen LogP contribution is 2.35. The Morgan fingerprint density at radius 2 is 2.06 bits per heavy atom. The van der Waals surface area contributed by atoms with Crippen molar-refractivity contribution in [3.63, 3.8) is 0 Å². The molecule has 1 fully saturated rings. The quantitative estimate of drug-likeness (QED) is 0.835. The van der Waals surface area contributed by atoms with Crippen LogP contribution in [0.3, 0.4) is 0 Å². The maximum absolute atomic E-state index is 12.7. The molecule has 0 aromatic carbocycles. The number of ketones is 1. The Morgan fingerprint density at radius 3 is 2.61 bits per heavy atom. The second-order valence-corrected chi connectivity index (χ2v) is 4.98. The minimum atomic E-state index is -0.694. The van der Waals surface area contributed by atoms with Crippen molar-refractivity contribution in [2.24, 2.45) is 0 Å². The van der Waals surface area contributed by atoms with Crippen molar-refractivity contribution in [3.05, 3.63) is 23.4 Å². The number of nitrogen functional groups attached to an aromatic ring is 1. The highest BCUT2D eigenvalue weighted by atomic mass is 16.5. The molecule has 1 aromatic heterocycles. The van der Waals surface area contributed by atoms with Crippen LogP contribution in [0.2, 0.25) is 0 Å². The molecule has 2 N–H and O–H groups in total. The van der Waals surface area contributed by atoms with E-state index in [1.165, 1.54) is 6.42 Å². The number of aryl methyl sites for hydroxylation is 1. The SMILES string of the molecule is COC1(C(=O)c2c(C)ccnc2N)CCCCC1. The molecule has 0 saturated heterocycles. The molecular weight excluding hydrogens is 228 g/mol. The molecule has 2 rings (SSSR count). The van der Waals surface area contributed by atoms with Crippen LogP contribution in [-0.2, 0) is 4.74 Å². The van der Waals surface area contributed by atoms with Gasteiger partial charge in [-0.3, -0.25) is 4.79 Å². The number of ether oxygens (including phenoxy) is 1. The van der Waals surface area contributed by atoms with E-state index in [0.717, 1.165) is 31.2 Å². The first kappa shape index (κ1) is 13.0. The van der Waals surface area contributed by atoms with Crippen molar-refractivity contribution in [3.8, 4) is 0 Å². The predicted molar refractivity (Wildman–Crippen MR) is 70.5 cm³/mol. The van der Waals surface area contributed by atoms with Gasteiger partial charge in [0.15, 0.2) is 5.78 Å². The van der Waals surface area contributed by atoms with E-state index in [2.05, 4.69) is 4.98 Å². The Hall–Kier alpha value is -1.42. The van der Waals surface area contributed by atoms with Crippen LogP contribution in [0, 0.1) is 6.92 Å². The maximum Gasteiger partial charge on any atom is 0.198 e. The topological polar surface area (TPSA) is 65.2 Å². The summed E-state index contributed by atoms with van der Waals surface area (Å²) in [5.74, 6) is 0.301. The summed E-state index contributed by atoms with van der Waals surface area (Å²) >= 11 is 0. The molecule has 0 aliphatic heterocycles. The normalized spacial score (nSPS) is 18.6. The number of pyridine rings is 1. The number of methoxy groups -OCH3 is 1. The van der Waals surface area contributed by atoms with Gasteiger partial charge in [0.05, 0.1) is 5.56 Å². The van der Waals surface area contributed by atoms with Gasteiger partial charge >= 0.3 is 0 Å². The van der Waals surface area contributed by atoms with Crippen LogP contribution < -0.4 is 5.73 Å². The zero-order valence-electron chi connectivity index (χ0n) is 11.0. The molecule has 0 amide bonds. The molecule has 0 atom stereocenters. The average Bonchev–Trinajstić information content (AvgIpc) is 2.39. The monoisotopic (exact) mass is 248 g/mol. The van der Waals surface area contributed by atoms with E-state index >= 15 is 0 Å². The Kier molecular flexibility index (Phi) is 3.66. The molecule has 1 heterocycles. The first-order chi connectivity index (χ1) is 8.60. The Morgan fingerprint density at radius 1 is 1.39 bits per heavy atom. The molecule has 1 saturated carbocycles. The molecule has 4 nitrogen and oxygen atoms in total. The summed E-state index contributed by atoms with van der Waals surface area (Å²) in [6.07, 6.45) is 6.39. The van der Waals surface area contributed by atoms with E-state index in [1.54, 1.807) is 13.3 Å². The first-order valence-corrected chi connectivity index (χ1v) is 6.42. The van der Waals surface area contributed by atoms with Crippen molar-refractivity contribution in [1.29, 1.82) is 0 Å². The number of Topliss-reactive ketones (excluding diaryl/α,β-unsaturated/α-hetero) is 1. The maximum atomic E-state index is 12.7. The van der Waals surface area contributed by atoms with Gasteiger partial charge in [0.1, 0.15) is 11.4 Å². The van der Waals surface area contributed by atoms with E-state index in [1.807, 2.05) is 13.0 Å². The molecule has 4 heteroatoms. The van der Waals surface area contributed by atoms with Gasteiger partial charge in [-0.15, -0.1) is 0 Å². The number of rotatable bonds is 3. The van der Waals surface area contributed by atoms with Crippen LogP contribution in [0.4, 0.5) is 5.82 Å². The van der Waals surface area contributed by atoms with Gasteiger partial charge in [0.25, 0.3) is 0 Å². The van der Waals surface area contributed by atoms with E-state index in [9.17, 15) is 4.79 Å². The van der Waals surface area contributed by atoms with Crippen molar-refractivity contribution >= 4 is 11.6 Å². The van der Waals surface area contributed by atoms with Crippen LogP contribution in [0.15, 0.2) is 12.3 Å². The van der Waals surface area contributed by atoms with Gasteiger partial charge in [0, 0.05) is 13.3 Å². The molecular formula is C14H20N2O2.